The van der Waals surface area contributed by atoms with Crippen LogP contribution in [-0.2, 0) is 17.2 Å². The van der Waals surface area contributed by atoms with Crippen molar-refractivity contribution in [3.63, 3.8) is 0 Å². The van der Waals surface area contributed by atoms with Gasteiger partial charge in [0.2, 0.25) is 0 Å². The minimum absolute atomic E-state index is 0.272. The zero-order chi connectivity index (χ0) is 12.8. The third-order valence-corrected chi connectivity index (χ3v) is 5.08. The molecule has 0 heterocycles. The van der Waals surface area contributed by atoms with E-state index in [2.05, 4.69) is 20.8 Å². The molecule has 2 nitrogen and oxygen atoms in total. The van der Waals surface area contributed by atoms with E-state index in [1.165, 1.54) is 5.56 Å². The molecule has 1 aromatic carbocycles. The van der Waals surface area contributed by atoms with Gasteiger partial charge in [0.25, 0.3) is 0 Å². The van der Waals surface area contributed by atoms with Gasteiger partial charge < -0.3 is 4.74 Å². The summed E-state index contributed by atoms with van der Waals surface area (Å²) in [7, 11) is 0.927. The summed E-state index contributed by atoms with van der Waals surface area (Å²) in [5.41, 5.74) is 1.22. The number of aryl methyl sites for hydroxylation is 1. The van der Waals surface area contributed by atoms with Crippen LogP contribution in [0.25, 0.3) is 0 Å². The summed E-state index contributed by atoms with van der Waals surface area (Å²) in [6.07, 6.45) is 0.869. The predicted molar refractivity (Wildman–Crippen MR) is 74.0 cm³/mol. The molecule has 1 rings (SSSR count). The lowest BCUT2D eigenvalue weighted by Crippen LogP contribution is -2.20. The molecular weight excluding hydrogens is 232 g/mol. The van der Waals surface area contributed by atoms with Crippen molar-refractivity contribution in [3.8, 4) is 5.75 Å². The van der Waals surface area contributed by atoms with Crippen LogP contribution in [0.2, 0.25) is 0 Å². The lowest BCUT2D eigenvalue weighted by Gasteiger charge is -2.14. The molecule has 0 amide bonds. The summed E-state index contributed by atoms with van der Waals surface area (Å²) in [5.74, 6) is 2.09. The first-order valence-electron chi connectivity index (χ1n) is 6.04. The summed E-state index contributed by atoms with van der Waals surface area (Å²) < 4.78 is 17.1. The van der Waals surface area contributed by atoms with E-state index in [4.69, 9.17) is 4.74 Å². The van der Waals surface area contributed by atoms with Gasteiger partial charge in [0.15, 0.2) is 0 Å². The Labute approximate surface area is 107 Å². The Bertz CT molecular complexity index is 357. The standard InChI is InChI=1S/C14H22O2S/c1-11(2)12(3)17(15)10-9-13-5-7-14(16-4)8-6-13/h5-8,11-12H,9-10H2,1-4H3/t12-,17+/m1/s1. The minimum Gasteiger partial charge on any atom is -0.497 e. The quantitative estimate of drug-likeness (QED) is 0.780. The van der Waals surface area contributed by atoms with E-state index >= 15 is 0 Å². The van der Waals surface area contributed by atoms with Crippen molar-refractivity contribution in [2.75, 3.05) is 12.9 Å². The molecule has 0 aliphatic rings. The van der Waals surface area contributed by atoms with E-state index in [1.54, 1.807) is 7.11 Å². The highest BCUT2D eigenvalue weighted by Gasteiger charge is 2.14. The monoisotopic (exact) mass is 254 g/mol. The molecule has 0 N–H and O–H groups in total. The zero-order valence-electron chi connectivity index (χ0n) is 11.1. The number of benzene rings is 1. The van der Waals surface area contributed by atoms with E-state index in [0.717, 1.165) is 17.9 Å². The highest BCUT2D eigenvalue weighted by Crippen LogP contribution is 2.14. The maximum absolute atomic E-state index is 12.0. The first-order chi connectivity index (χ1) is 8.04. The first-order valence-corrected chi connectivity index (χ1v) is 7.43. The van der Waals surface area contributed by atoms with E-state index in [1.807, 2.05) is 24.3 Å². The van der Waals surface area contributed by atoms with Gasteiger partial charge >= 0.3 is 0 Å². The third kappa shape index (κ3) is 4.50. The number of methoxy groups -OCH3 is 1. The van der Waals surface area contributed by atoms with Crippen LogP contribution in [0, 0.1) is 5.92 Å². The molecular formula is C14H22O2S. The van der Waals surface area contributed by atoms with Crippen LogP contribution in [0.1, 0.15) is 26.3 Å². The Morgan fingerprint density at radius 2 is 1.76 bits per heavy atom. The Kier molecular flexibility index (Phi) is 5.69. The van der Waals surface area contributed by atoms with Gasteiger partial charge in [-0.2, -0.15) is 0 Å². The van der Waals surface area contributed by atoms with Gasteiger partial charge in [0, 0.05) is 21.8 Å². The van der Waals surface area contributed by atoms with E-state index in [9.17, 15) is 4.21 Å². The van der Waals surface area contributed by atoms with Gasteiger partial charge in [-0.05, 0) is 30.0 Å². The average Bonchev–Trinajstić information content (AvgIpc) is 2.35. The van der Waals surface area contributed by atoms with Crippen molar-refractivity contribution in [3.05, 3.63) is 29.8 Å². The average molecular weight is 254 g/mol. The van der Waals surface area contributed by atoms with Crippen LogP contribution in [0.15, 0.2) is 24.3 Å². The molecule has 0 radical (unpaired) electrons. The van der Waals surface area contributed by atoms with Gasteiger partial charge in [0.05, 0.1) is 7.11 Å². The van der Waals surface area contributed by atoms with Gasteiger partial charge in [0.1, 0.15) is 5.75 Å². The number of ether oxygens (including phenoxy) is 1. The van der Waals surface area contributed by atoms with Crippen molar-refractivity contribution < 1.29 is 8.95 Å². The van der Waals surface area contributed by atoms with Crippen molar-refractivity contribution in [2.24, 2.45) is 5.92 Å². The topological polar surface area (TPSA) is 26.3 Å². The number of hydrogen-bond acceptors (Lipinski definition) is 2. The van der Waals surface area contributed by atoms with Gasteiger partial charge in [-0.25, -0.2) is 0 Å². The fourth-order valence-corrected chi connectivity index (χ4v) is 2.92. The lowest BCUT2D eigenvalue weighted by molar-refractivity contribution is 0.414. The largest absolute Gasteiger partial charge is 0.497 e. The first kappa shape index (κ1) is 14.2. The van der Waals surface area contributed by atoms with Crippen LogP contribution >= 0.6 is 0 Å². The van der Waals surface area contributed by atoms with Crippen LogP contribution in [0.4, 0.5) is 0 Å². The second-order valence-electron chi connectivity index (χ2n) is 4.63. The van der Waals surface area contributed by atoms with Crippen LogP contribution in [0.5, 0.6) is 5.75 Å². The Hall–Kier alpha value is -0.830. The number of hydrogen-bond donors (Lipinski definition) is 0. The molecule has 0 saturated carbocycles. The second-order valence-corrected chi connectivity index (χ2v) is 6.55. The van der Waals surface area contributed by atoms with Gasteiger partial charge in [-0.1, -0.05) is 32.9 Å². The van der Waals surface area contributed by atoms with Crippen LogP contribution < -0.4 is 4.74 Å². The van der Waals surface area contributed by atoms with E-state index in [-0.39, 0.29) is 5.25 Å². The van der Waals surface area contributed by atoms with Crippen LogP contribution in [-0.4, -0.2) is 22.3 Å². The zero-order valence-corrected chi connectivity index (χ0v) is 11.9. The lowest BCUT2D eigenvalue weighted by atomic mass is 10.1. The molecule has 0 bridgehead atoms. The molecule has 0 aliphatic heterocycles. The third-order valence-electron chi connectivity index (χ3n) is 3.10. The molecule has 0 aliphatic carbocycles. The highest BCUT2D eigenvalue weighted by molar-refractivity contribution is 7.85. The maximum Gasteiger partial charge on any atom is 0.118 e. The summed E-state index contributed by atoms with van der Waals surface area (Å²) in [6.45, 7) is 6.31. The molecule has 1 aromatic rings. The molecule has 96 valence electrons. The SMILES string of the molecule is COc1ccc(CC[S@](=O)[C@H](C)C(C)C)cc1. The second kappa shape index (κ2) is 6.80. The maximum atomic E-state index is 12.0. The summed E-state index contributed by atoms with van der Waals surface area (Å²) in [4.78, 5) is 0. The van der Waals surface area contributed by atoms with Crippen molar-refractivity contribution in [1.82, 2.24) is 0 Å². The Morgan fingerprint density at radius 3 is 2.24 bits per heavy atom. The molecule has 0 unspecified atom stereocenters. The molecule has 2 atom stereocenters. The molecule has 3 heteroatoms. The molecule has 17 heavy (non-hydrogen) atoms. The Morgan fingerprint density at radius 1 is 1.18 bits per heavy atom. The molecule has 0 fully saturated rings. The van der Waals surface area contributed by atoms with Gasteiger partial charge in [-0.15, -0.1) is 0 Å². The summed E-state index contributed by atoms with van der Waals surface area (Å²) in [5, 5.41) is 0.272. The van der Waals surface area contributed by atoms with Crippen molar-refractivity contribution in [1.29, 1.82) is 0 Å². The molecule has 0 spiro atoms. The minimum atomic E-state index is -0.734. The van der Waals surface area contributed by atoms with E-state index in [0.29, 0.717) is 5.92 Å². The Balaban J connectivity index is 2.47. The fourth-order valence-electron chi connectivity index (χ4n) is 1.50. The predicted octanol–water partition coefficient (Wildman–Crippen LogP) is 3.03. The smallest absolute Gasteiger partial charge is 0.118 e. The van der Waals surface area contributed by atoms with Gasteiger partial charge in [-0.3, -0.25) is 4.21 Å². The fraction of sp³-hybridized carbons (Fsp3) is 0.571. The van der Waals surface area contributed by atoms with E-state index < -0.39 is 10.8 Å². The highest BCUT2D eigenvalue weighted by atomic mass is 32.2. The summed E-state index contributed by atoms with van der Waals surface area (Å²) in [6, 6.07) is 7.97. The van der Waals surface area contributed by atoms with Crippen molar-refractivity contribution in [2.45, 2.75) is 32.4 Å². The molecule has 0 saturated heterocycles. The van der Waals surface area contributed by atoms with Crippen LogP contribution in [0.3, 0.4) is 0 Å². The number of rotatable bonds is 6. The normalized spacial score (nSPS) is 14.6. The summed E-state index contributed by atoms with van der Waals surface area (Å²) >= 11 is 0. The van der Waals surface area contributed by atoms with Crippen molar-refractivity contribution >= 4 is 10.8 Å². The molecule has 0 aromatic heterocycles.